The van der Waals surface area contributed by atoms with Gasteiger partial charge in [0.05, 0.1) is 0 Å². The van der Waals surface area contributed by atoms with Gasteiger partial charge in [-0.3, -0.25) is 4.79 Å². The average molecular weight is 363 g/mol. The highest BCUT2D eigenvalue weighted by Gasteiger charge is 2.29. The number of nitrogens with zero attached hydrogens (tertiary/aromatic N) is 3. The van der Waals surface area contributed by atoms with Gasteiger partial charge in [0.1, 0.15) is 5.52 Å². The van der Waals surface area contributed by atoms with E-state index in [9.17, 15) is 4.79 Å². The molecule has 0 aliphatic carbocycles. The normalized spacial score (nSPS) is 15.3. The van der Waals surface area contributed by atoms with Crippen LogP contribution < -0.4 is 9.80 Å². The van der Waals surface area contributed by atoms with Crippen LogP contribution in [0.2, 0.25) is 0 Å². The smallest absolute Gasteiger partial charge is 0.298 e. The average Bonchev–Trinajstić information content (AvgIpc) is 3.10. The molecule has 1 saturated heterocycles. The topological polar surface area (TPSA) is 49.6 Å². The highest BCUT2D eigenvalue weighted by atomic mass is 16.4. The predicted molar refractivity (Wildman–Crippen MR) is 108 cm³/mol. The van der Waals surface area contributed by atoms with E-state index in [1.54, 1.807) is 4.90 Å². The van der Waals surface area contributed by atoms with Gasteiger partial charge in [-0.05, 0) is 62.1 Å². The monoisotopic (exact) mass is 363 g/mol. The van der Waals surface area contributed by atoms with Gasteiger partial charge in [0, 0.05) is 31.7 Å². The molecule has 0 spiro atoms. The molecule has 0 bridgehead atoms. The number of fused-ring (bicyclic) bond motifs is 1. The minimum atomic E-state index is 0.0384. The summed E-state index contributed by atoms with van der Waals surface area (Å²) in [5, 5.41) is 0. The maximum absolute atomic E-state index is 13.0. The molecule has 0 saturated carbocycles. The Morgan fingerprint density at radius 1 is 1.11 bits per heavy atom. The first kappa shape index (κ1) is 17.6. The van der Waals surface area contributed by atoms with Crippen LogP contribution in [0.1, 0.15) is 24.0 Å². The number of benzene rings is 2. The Morgan fingerprint density at radius 3 is 2.44 bits per heavy atom. The van der Waals surface area contributed by atoms with Gasteiger partial charge in [0.15, 0.2) is 5.58 Å². The highest BCUT2D eigenvalue weighted by molar-refractivity contribution is 5.94. The molecule has 1 aliphatic heterocycles. The van der Waals surface area contributed by atoms with Crippen molar-refractivity contribution in [2.75, 3.05) is 29.9 Å². The molecule has 0 N–H and O–H groups in total. The molecule has 1 amide bonds. The van der Waals surface area contributed by atoms with Crippen LogP contribution in [0.5, 0.6) is 0 Å². The molecule has 0 radical (unpaired) electrons. The number of anilines is 2. The van der Waals surface area contributed by atoms with Crippen molar-refractivity contribution >= 4 is 28.7 Å². The summed E-state index contributed by atoms with van der Waals surface area (Å²) in [5.41, 5.74) is 5.00. The molecule has 1 aliphatic rings. The molecule has 0 unspecified atom stereocenters. The maximum atomic E-state index is 13.0. The molecule has 140 valence electrons. The van der Waals surface area contributed by atoms with Crippen LogP contribution in [-0.2, 0) is 4.79 Å². The summed E-state index contributed by atoms with van der Waals surface area (Å²) >= 11 is 0. The van der Waals surface area contributed by atoms with Gasteiger partial charge in [-0.2, -0.15) is 4.98 Å². The second-order valence-corrected chi connectivity index (χ2v) is 7.47. The highest BCUT2D eigenvalue weighted by Crippen LogP contribution is 2.28. The Balaban J connectivity index is 1.43. The van der Waals surface area contributed by atoms with Crippen molar-refractivity contribution in [2.24, 2.45) is 5.92 Å². The maximum Gasteiger partial charge on any atom is 0.298 e. The van der Waals surface area contributed by atoms with Gasteiger partial charge >= 0.3 is 0 Å². The van der Waals surface area contributed by atoms with Crippen molar-refractivity contribution in [1.29, 1.82) is 0 Å². The van der Waals surface area contributed by atoms with E-state index in [4.69, 9.17) is 4.42 Å². The summed E-state index contributed by atoms with van der Waals surface area (Å²) in [6.07, 6.45) is 1.62. The van der Waals surface area contributed by atoms with Crippen LogP contribution in [0.4, 0.5) is 11.7 Å². The van der Waals surface area contributed by atoms with E-state index in [0.29, 0.717) is 6.01 Å². The molecule has 5 heteroatoms. The van der Waals surface area contributed by atoms with Crippen LogP contribution in [0, 0.1) is 19.8 Å². The molecule has 2 heterocycles. The van der Waals surface area contributed by atoms with E-state index in [0.717, 1.165) is 42.7 Å². The van der Waals surface area contributed by atoms with Crippen molar-refractivity contribution < 1.29 is 9.21 Å². The first-order valence-corrected chi connectivity index (χ1v) is 9.47. The van der Waals surface area contributed by atoms with Gasteiger partial charge < -0.3 is 14.2 Å². The number of hydrogen-bond acceptors (Lipinski definition) is 4. The molecule has 1 fully saturated rings. The van der Waals surface area contributed by atoms with Crippen LogP contribution >= 0.6 is 0 Å². The number of aromatic nitrogens is 1. The SMILES string of the molecule is Cc1cc(C)cc(N(C)C(=O)C2CCN(c3nc4ccccc4o3)CC2)c1. The Labute approximate surface area is 159 Å². The third-order valence-corrected chi connectivity index (χ3v) is 5.32. The quantitative estimate of drug-likeness (QED) is 0.695. The fraction of sp³-hybridized carbons (Fsp3) is 0.364. The number of carbonyl (C=O) groups is 1. The lowest BCUT2D eigenvalue weighted by atomic mass is 9.95. The Kier molecular flexibility index (Phi) is 4.60. The van der Waals surface area contributed by atoms with E-state index in [2.05, 4.69) is 41.9 Å². The van der Waals surface area contributed by atoms with Crippen LogP contribution in [0.15, 0.2) is 46.9 Å². The zero-order valence-electron chi connectivity index (χ0n) is 16.1. The summed E-state index contributed by atoms with van der Waals surface area (Å²) in [6.45, 7) is 5.69. The Morgan fingerprint density at radius 2 is 1.78 bits per heavy atom. The van der Waals surface area contributed by atoms with E-state index in [1.807, 2.05) is 31.3 Å². The van der Waals surface area contributed by atoms with Gasteiger partial charge in [-0.25, -0.2) is 0 Å². The standard InChI is InChI=1S/C22H25N3O2/c1-15-12-16(2)14-18(13-15)24(3)21(26)17-8-10-25(11-9-17)22-23-19-6-4-5-7-20(19)27-22/h4-7,12-14,17H,8-11H2,1-3H3. The lowest BCUT2D eigenvalue weighted by Gasteiger charge is -2.32. The van der Waals surface area contributed by atoms with Crippen molar-refractivity contribution in [3.05, 3.63) is 53.6 Å². The first-order chi connectivity index (χ1) is 13.0. The van der Waals surface area contributed by atoms with Gasteiger partial charge in [0.25, 0.3) is 6.01 Å². The summed E-state index contributed by atoms with van der Waals surface area (Å²) in [5.74, 6) is 0.230. The van der Waals surface area contributed by atoms with Gasteiger partial charge in [-0.1, -0.05) is 18.2 Å². The van der Waals surface area contributed by atoms with Crippen molar-refractivity contribution in [1.82, 2.24) is 4.98 Å². The van der Waals surface area contributed by atoms with Crippen LogP contribution in [0.25, 0.3) is 11.1 Å². The lowest BCUT2D eigenvalue weighted by Crippen LogP contribution is -2.41. The second-order valence-electron chi connectivity index (χ2n) is 7.47. The molecule has 3 aromatic rings. The fourth-order valence-electron chi connectivity index (χ4n) is 3.86. The first-order valence-electron chi connectivity index (χ1n) is 9.47. The third kappa shape index (κ3) is 3.54. The number of carbonyl (C=O) groups excluding carboxylic acids is 1. The molecule has 4 rings (SSSR count). The van der Waals surface area contributed by atoms with Crippen molar-refractivity contribution in [2.45, 2.75) is 26.7 Å². The molecule has 2 aromatic carbocycles. The Hall–Kier alpha value is -2.82. The van der Waals surface area contributed by atoms with Gasteiger partial charge in [-0.15, -0.1) is 0 Å². The number of amides is 1. The number of hydrogen-bond donors (Lipinski definition) is 0. The Bertz CT molecular complexity index is 917. The number of oxazole rings is 1. The minimum absolute atomic E-state index is 0.0384. The molecule has 27 heavy (non-hydrogen) atoms. The number of para-hydroxylation sites is 2. The third-order valence-electron chi connectivity index (χ3n) is 5.32. The van der Waals surface area contributed by atoms with Crippen molar-refractivity contribution in [3.63, 3.8) is 0 Å². The lowest BCUT2D eigenvalue weighted by molar-refractivity contribution is -0.122. The summed E-state index contributed by atoms with van der Waals surface area (Å²) in [6, 6.07) is 14.7. The summed E-state index contributed by atoms with van der Waals surface area (Å²) in [7, 11) is 1.88. The van der Waals surface area contributed by atoms with Crippen LogP contribution in [0.3, 0.4) is 0 Å². The number of piperidine rings is 1. The number of rotatable bonds is 3. The molecular weight excluding hydrogens is 338 g/mol. The van der Waals surface area contributed by atoms with E-state index in [1.165, 1.54) is 11.1 Å². The molecule has 0 atom stereocenters. The second kappa shape index (κ2) is 7.06. The zero-order valence-corrected chi connectivity index (χ0v) is 16.1. The molecule has 1 aromatic heterocycles. The zero-order chi connectivity index (χ0) is 19.0. The summed E-state index contributed by atoms with van der Waals surface area (Å²) in [4.78, 5) is 21.5. The van der Waals surface area contributed by atoms with Gasteiger partial charge in [0.2, 0.25) is 5.91 Å². The van der Waals surface area contributed by atoms with E-state index < -0.39 is 0 Å². The fourth-order valence-corrected chi connectivity index (χ4v) is 3.86. The largest absolute Gasteiger partial charge is 0.423 e. The number of aryl methyl sites for hydroxylation is 2. The predicted octanol–water partition coefficient (Wildman–Crippen LogP) is 4.32. The summed E-state index contributed by atoms with van der Waals surface area (Å²) < 4.78 is 5.87. The van der Waals surface area contributed by atoms with E-state index in [-0.39, 0.29) is 11.8 Å². The van der Waals surface area contributed by atoms with Crippen molar-refractivity contribution in [3.8, 4) is 0 Å². The van der Waals surface area contributed by atoms with E-state index >= 15 is 0 Å². The van der Waals surface area contributed by atoms with Crippen LogP contribution in [-0.4, -0.2) is 31.0 Å². The molecule has 5 nitrogen and oxygen atoms in total. The molecular formula is C22H25N3O2. The minimum Gasteiger partial charge on any atom is -0.423 e.